The van der Waals surface area contributed by atoms with Crippen LogP contribution in [-0.2, 0) is 14.2 Å². The molecule has 3 heteroatoms. The van der Waals surface area contributed by atoms with Gasteiger partial charge in [0.15, 0.2) is 6.29 Å². The molecule has 90 valence electrons. The normalized spacial score (nSPS) is 32.6. The number of ether oxygens (including phenoxy) is 3. The summed E-state index contributed by atoms with van der Waals surface area (Å²) < 4.78 is 16.8. The minimum atomic E-state index is -0.295. The van der Waals surface area contributed by atoms with E-state index in [1.807, 2.05) is 0 Å². The molecular formula is C12H24O3. The number of methoxy groups -OCH3 is 2. The van der Waals surface area contributed by atoms with Crippen LogP contribution in [0.5, 0.6) is 0 Å². The lowest BCUT2D eigenvalue weighted by Gasteiger charge is -2.43. The summed E-state index contributed by atoms with van der Waals surface area (Å²) >= 11 is 0. The van der Waals surface area contributed by atoms with Crippen molar-refractivity contribution in [3.63, 3.8) is 0 Å². The highest BCUT2D eigenvalue weighted by Crippen LogP contribution is 2.35. The minimum Gasteiger partial charge on any atom is -0.367 e. The second kappa shape index (κ2) is 5.28. The molecule has 0 amide bonds. The van der Waals surface area contributed by atoms with Crippen molar-refractivity contribution in [2.45, 2.75) is 58.0 Å². The van der Waals surface area contributed by atoms with Crippen molar-refractivity contribution >= 4 is 0 Å². The zero-order chi connectivity index (χ0) is 11.5. The monoisotopic (exact) mass is 216 g/mol. The second-order valence-corrected chi connectivity index (χ2v) is 4.91. The van der Waals surface area contributed by atoms with Crippen LogP contribution in [0.4, 0.5) is 0 Å². The first-order chi connectivity index (χ1) is 7.03. The molecule has 1 aliphatic heterocycles. The highest BCUT2D eigenvalue weighted by molar-refractivity contribution is 4.86. The average molecular weight is 216 g/mol. The highest BCUT2D eigenvalue weighted by Gasteiger charge is 2.41. The summed E-state index contributed by atoms with van der Waals surface area (Å²) in [7, 11) is 3.34. The molecule has 0 aromatic rings. The molecule has 0 radical (unpaired) electrons. The zero-order valence-corrected chi connectivity index (χ0v) is 10.6. The van der Waals surface area contributed by atoms with E-state index < -0.39 is 0 Å². The Labute approximate surface area is 93.1 Å². The Morgan fingerprint density at radius 1 is 1.27 bits per heavy atom. The molecule has 1 rings (SSSR count). The van der Waals surface area contributed by atoms with Crippen molar-refractivity contribution in [1.82, 2.24) is 0 Å². The van der Waals surface area contributed by atoms with E-state index >= 15 is 0 Å². The van der Waals surface area contributed by atoms with E-state index in [1.54, 1.807) is 14.2 Å². The van der Waals surface area contributed by atoms with Gasteiger partial charge in [0.1, 0.15) is 5.60 Å². The molecule has 1 saturated heterocycles. The molecule has 0 aliphatic carbocycles. The SMILES string of the molecule is COC(OC)[C@@]1(C)CCC[C@@H](C(C)C)O1. The molecule has 0 spiro atoms. The lowest BCUT2D eigenvalue weighted by molar-refractivity contribution is -0.262. The Bertz CT molecular complexity index is 189. The van der Waals surface area contributed by atoms with E-state index in [0.717, 1.165) is 12.8 Å². The van der Waals surface area contributed by atoms with Crippen molar-refractivity contribution < 1.29 is 14.2 Å². The smallest absolute Gasteiger partial charge is 0.185 e. The Hall–Kier alpha value is -0.120. The minimum absolute atomic E-state index is 0.265. The molecular weight excluding hydrogens is 192 g/mol. The van der Waals surface area contributed by atoms with Crippen LogP contribution in [0.25, 0.3) is 0 Å². The zero-order valence-electron chi connectivity index (χ0n) is 10.6. The summed E-state index contributed by atoms with van der Waals surface area (Å²) in [5.74, 6) is 0.555. The first kappa shape index (κ1) is 12.9. The van der Waals surface area contributed by atoms with E-state index in [0.29, 0.717) is 12.0 Å². The van der Waals surface area contributed by atoms with Gasteiger partial charge >= 0.3 is 0 Å². The van der Waals surface area contributed by atoms with Gasteiger partial charge in [-0.2, -0.15) is 0 Å². The van der Waals surface area contributed by atoms with Crippen LogP contribution in [0, 0.1) is 5.92 Å². The van der Waals surface area contributed by atoms with Gasteiger partial charge in [0.2, 0.25) is 0 Å². The maximum Gasteiger partial charge on any atom is 0.185 e. The highest BCUT2D eigenvalue weighted by atomic mass is 16.7. The molecule has 15 heavy (non-hydrogen) atoms. The van der Waals surface area contributed by atoms with Crippen molar-refractivity contribution in [3.8, 4) is 0 Å². The van der Waals surface area contributed by atoms with Crippen LogP contribution < -0.4 is 0 Å². The molecule has 1 heterocycles. The molecule has 0 aromatic heterocycles. The third kappa shape index (κ3) is 2.92. The number of rotatable bonds is 4. The van der Waals surface area contributed by atoms with Crippen LogP contribution in [0.3, 0.4) is 0 Å². The Morgan fingerprint density at radius 3 is 2.33 bits per heavy atom. The van der Waals surface area contributed by atoms with E-state index in [-0.39, 0.29) is 11.9 Å². The lowest BCUT2D eigenvalue weighted by Crippen LogP contribution is -2.50. The Balaban J connectivity index is 2.66. The van der Waals surface area contributed by atoms with Gasteiger partial charge < -0.3 is 14.2 Å². The van der Waals surface area contributed by atoms with Crippen LogP contribution in [0.15, 0.2) is 0 Å². The first-order valence-electron chi connectivity index (χ1n) is 5.77. The molecule has 3 nitrogen and oxygen atoms in total. The van der Waals surface area contributed by atoms with Gasteiger partial charge in [-0.3, -0.25) is 0 Å². The average Bonchev–Trinajstić information content (AvgIpc) is 2.19. The van der Waals surface area contributed by atoms with Gasteiger partial charge in [0.25, 0.3) is 0 Å². The summed E-state index contributed by atoms with van der Waals surface area (Å²) in [6, 6.07) is 0. The maximum atomic E-state index is 6.13. The van der Waals surface area contributed by atoms with Crippen LogP contribution in [0.2, 0.25) is 0 Å². The summed E-state index contributed by atoms with van der Waals surface area (Å²) in [6.45, 7) is 6.48. The standard InChI is InChI=1S/C12H24O3/c1-9(2)10-7-6-8-12(3,15-10)11(13-4)14-5/h9-11H,6-8H2,1-5H3/t10-,12+/m0/s1. The van der Waals surface area contributed by atoms with E-state index in [9.17, 15) is 0 Å². The summed E-state index contributed by atoms with van der Waals surface area (Å²) in [4.78, 5) is 0. The molecule has 2 atom stereocenters. The van der Waals surface area contributed by atoms with E-state index in [1.165, 1.54) is 6.42 Å². The van der Waals surface area contributed by atoms with Gasteiger partial charge in [-0.05, 0) is 32.1 Å². The summed E-state index contributed by atoms with van der Waals surface area (Å²) in [5, 5.41) is 0. The topological polar surface area (TPSA) is 27.7 Å². The fourth-order valence-electron chi connectivity index (χ4n) is 2.36. The van der Waals surface area contributed by atoms with Crippen LogP contribution in [-0.4, -0.2) is 32.2 Å². The number of hydrogen-bond acceptors (Lipinski definition) is 3. The quantitative estimate of drug-likeness (QED) is 0.676. The van der Waals surface area contributed by atoms with Gasteiger partial charge in [0, 0.05) is 14.2 Å². The van der Waals surface area contributed by atoms with E-state index in [4.69, 9.17) is 14.2 Å². The summed E-state index contributed by atoms with van der Waals surface area (Å²) in [5.41, 5.74) is -0.295. The maximum absolute atomic E-state index is 6.13. The molecule has 0 bridgehead atoms. The van der Waals surface area contributed by atoms with Gasteiger partial charge in [0.05, 0.1) is 6.10 Å². The van der Waals surface area contributed by atoms with Crippen molar-refractivity contribution in [2.75, 3.05) is 14.2 Å². The van der Waals surface area contributed by atoms with E-state index in [2.05, 4.69) is 20.8 Å². The van der Waals surface area contributed by atoms with Crippen molar-refractivity contribution in [1.29, 1.82) is 0 Å². The lowest BCUT2D eigenvalue weighted by atomic mass is 9.89. The van der Waals surface area contributed by atoms with Gasteiger partial charge in [-0.15, -0.1) is 0 Å². The van der Waals surface area contributed by atoms with Crippen LogP contribution >= 0.6 is 0 Å². The second-order valence-electron chi connectivity index (χ2n) is 4.91. The Morgan fingerprint density at radius 2 is 1.87 bits per heavy atom. The fourth-order valence-corrected chi connectivity index (χ4v) is 2.36. The third-order valence-electron chi connectivity index (χ3n) is 3.25. The largest absolute Gasteiger partial charge is 0.367 e. The number of hydrogen-bond donors (Lipinski definition) is 0. The van der Waals surface area contributed by atoms with Crippen LogP contribution in [0.1, 0.15) is 40.0 Å². The van der Waals surface area contributed by atoms with Gasteiger partial charge in [-0.1, -0.05) is 13.8 Å². The first-order valence-corrected chi connectivity index (χ1v) is 5.77. The molecule has 1 aliphatic rings. The third-order valence-corrected chi connectivity index (χ3v) is 3.25. The van der Waals surface area contributed by atoms with Crippen molar-refractivity contribution in [3.05, 3.63) is 0 Å². The predicted molar refractivity (Wildman–Crippen MR) is 59.8 cm³/mol. The predicted octanol–water partition coefficient (Wildman–Crippen LogP) is 2.59. The molecule has 0 aromatic carbocycles. The summed E-state index contributed by atoms with van der Waals surface area (Å²) in [6.07, 6.45) is 3.40. The Kier molecular flexibility index (Phi) is 4.56. The van der Waals surface area contributed by atoms with Gasteiger partial charge in [-0.25, -0.2) is 0 Å². The fraction of sp³-hybridized carbons (Fsp3) is 1.00. The van der Waals surface area contributed by atoms with Crippen molar-refractivity contribution in [2.24, 2.45) is 5.92 Å². The molecule has 0 N–H and O–H groups in total. The molecule has 0 saturated carbocycles. The molecule has 1 fully saturated rings. The molecule has 0 unspecified atom stereocenters.